The van der Waals surface area contributed by atoms with E-state index in [2.05, 4.69) is 43.3 Å². The molecule has 0 unspecified atom stereocenters. The lowest BCUT2D eigenvalue weighted by molar-refractivity contribution is -0.113. The van der Waals surface area contributed by atoms with E-state index in [4.69, 9.17) is 4.74 Å². The molecule has 2 aromatic heterocycles. The molecular weight excluding hydrogens is 426 g/mol. The number of fused-ring (bicyclic) bond motifs is 1. The third-order valence-corrected chi connectivity index (χ3v) is 8.11. The van der Waals surface area contributed by atoms with Gasteiger partial charge in [0, 0.05) is 27.0 Å². The zero-order chi connectivity index (χ0) is 21.4. The number of anilines is 1. The van der Waals surface area contributed by atoms with E-state index >= 15 is 0 Å². The summed E-state index contributed by atoms with van der Waals surface area (Å²) in [7, 11) is 0. The van der Waals surface area contributed by atoms with Gasteiger partial charge in [-0.05, 0) is 53.5 Å². The summed E-state index contributed by atoms with van der Waals surface area (Å²) in [5.41, 5.74) is 1.95. The number of nitrogens with one attached hydrogen (secondary N) is 2. The second-order valence-corrected chi connectivity index (χ2v) is 11.3. The van der Waals surface area contributed by atoms with Crippen LogP contribution in [0.4, 0.5) is 5.00 Å². The summed E-state index contributed by atoms with van der Waals surface area (Å²) in [5.74, 6) is -0.292. The summed E-state index contributed by atoms with van der Waals surface area (Å²) in [6.07, 6.45) is 0.694. The first-order valence-electron chi connectivity index (χ1n) is 9.50. The van der Waals surface area contributed by atoms with Crippen molar-refractivity contribution in [2.24, 2.45) is 0 Å². The highest BCUT2D eigenvalue weighted by molar-refractivity contribution is 8.01. The van der Waals surface area contributed by atoms with Crippen molar-refractivity contribution in [1.82, 2.24) is 10.3 Å². The molecule has 9 heteroatoms. The Morgan fingerprint density at radius 1 is 1.34 bits per heavy atom. The second-order valence-electron chi connectivity index (χ2n) is 8.24. The molecule has 0 bridgehead atoms. The number of rotatable bonds is 6. The van der Waals surface area contributed by atoms with Crippen LogP contribution in [-0.2, 0) is 21.5 Å². The standard InChI is InChI=1S/C20H27N3O3S3/c1-7-26-17(25)14-12-8-19(3,4)23-20(5,6)15(12)29-16(14)22-13(24)10-28-18-21-11(2)9-27-18/h9,23H,7-8,10H2,1-6H3,(H,22,24). The van der Waals surface area contributed by atoms with Crippen LogP contribution >= 0.6 is 34.4 Å². The van der Waals surface area contributed by atoms with E-state index in [-0.39, 0.29) is 28.7 Å². The summed E-state index contributed by atoms with van der Waals surface area (Å²) in [6, 6.07) is 0. The number of amides is 1. The predicted molar refractivity (Wildman–Crippen MR) is 120 cm³/mol. The Morgan fingerprint density at radius 3 is 2.69 bits per heavy atom. The molecule has 0 saturated carbocycles. The molecule has 1 aliphatic heterocycles. The lowest BCUT2D eigenvalue weighted by Gasteiger charge is -2.42. The van der Waals surface area contributed by atoms with Gasteiger partial charge in [-0.2, -0.15) is 0 Å². The maximum absolute atomic E-state index is 12.8. The molecule has 0 aromatic carbocycles. The average Bonchev–Trinajstić information content (AvgIpc) is 3.15. The number of esters is 1. The number of carbonyl (C=O) groups excluding carboxylic acids is 2. The van der Waals surface area contributed by atoms with Gasteiger partial charge in [-0.25, -0.2) is 9.78 Å². The van der Waals surface area contributed by atoms with Crippen LogP contribution < -0.4 is 10.6 Å². The minimum atomic E-state index is -0.378. The van der Waals surface area contributed by atoms with Crippen LogP contribution in [0.25, 0.3) is 0 Å². The highest BCUT2D eigenvalue weighted by atomic mass is 32.2. The molecule has 0 atom stereocenters. The van der Waals surface area contributed by atoms with Crippen molar-refractivity contribution >= 4 is 51.3 Å². The number of nitrogens with zero attached hydrogens (tertiary/aromatic N) is 1. The van der Waals surface area contributed by atoms with Crippen molar-refractivity contribution in [1.29, 1.82) is 0 Å². The van der Waals surface area contributed by atoms with Gasteiger partial charge in [0.2, 0.25) is 5.91 Å². The fourth-order valence-electron chi connectivity index (χ4n) is 3.72. The van der Waals surface area contributed by atoms with Crippen LogP contribution in [-0.4, -0.2) is 34.8 Å². The number of aromatic nitrogens is 1. The van der Waals surface area contributed by atoms with E-state index < -0.39 is 0 Å². The van der Waals surface area contributed by atoms with Crippen LogP contribution in [0.3, 0.4) is 0 Å². The first-order chi connectivity index (χ1) is 13.5. The van der Waals surface area contributed by atoms with Crippen LogP contribution in [0.2, 0.25) is 0 Å². The zero-order valence-electron chi connectivity index (χ0n) is 17.6. The minimum Gasteiger partial charge on any atom is -0.462 e. The highest BCUT2D eigenvalue weighted by Crippen LogP contribution is 2.45. The maximum atomic E-state index is 12.8. The summed E-state index contributed by atoms with van der Waals surface area (Å²) in [5, 5.41) is 9.13. The molecule has 2 aromatic rings. The van der Waals surface area contributed by atoms with Crippen LogP contribution in [0.1, 0.15) is 61.1 Å². The summed E-state index contributed by atoms with van der Waals surface area (Å²) < 4.78 is 6.19. The maximum Gasteiger partial charge on any atom is 0.341 e. The third-order valence-electron chi connectivity index (χ3n) is 4.50. The van der Waals surface area contributed by atoms with Crippen molar-refractivity contribution in [2.75, 3.05) is 17.7 Å². The van der Waals surface area contributed by atoms with E-state index in [1.807, 2.05) is 12.3 Å². The van der Waals surface area contributed by atoms with Crippen LogP contribution in [0, 0.1) is 6.92 Å². The van der Waals surface area contributed by atoms with Crippen molar-refractivity contribution in [2.45, 2.75) is 63.4 Å². The number of ether oxygens (including phenoxy) is 1. The van der Waals surface area contributed by atoms with Gasteiger partial charge in [-0.3, -0.25) is 4.79 Å². The molecule has 1 aliphatic rings. The Hall–Kier alpha value is -1.42. The van der Waals surface area contributed by atoms with Gasteiger partial charge in [0.25, 0.3) is 0 Å². The molecule has 0 radical (unpaired) electrons. The van der Waals surface area contributed by atoms with Crippen molar-refractivity contribution in [3.05, 3.63) is 27.1 Å². The Kier molecular flexibility index (Phi) is 6.43. The van der Waals surface area contributed by atoms with E-state index in [9.17, 15) is 9.59 Å². The Balaban J connectivity index is 1.88. The van der Waals surface area contributed by atoms with E-state index in [0.717, 1.165) is 20.5 Å². The average molecular weight is 454 g/mol. The number of thioether (sulfide) groups is 1. The fourth-order valence-corrected chi connectivity index (χ4v) is 6.65. The lowest BCUT2D eigenvalue weighted by Crippen LogP contribution is -2.55. The molecular formula is C20H27N3O3S3. The molecule has 3 heterocycles. The first-order valence-corrected chi connectivity index (χ1v) is 12.2. The monoisotopic (exact) mass is 453 g/mol. The number of carbonyl (C=O) groups is 2. The summed E-state index contributed by atoms with van der Waals surface area (Å²) in [4.78, 5) is 30.8. The molecule has 0 aliphatic carbocycles. The largest absolute Gasteiger partial charge is 0.462 e. The van der Waals surface area contributed by atoms with Gasteiger partial charge in [-0.1, -0.05) is 11.8 Å². The molecule has 0 saturated heterocycles. The van der Waals surface area contributed by atoms with Gasteiger partial charge in [0.05, 0.1) is 17.9 Å². The molecule has 2 N–H and O–H groups in total. The van der Waals surface area contributed by atoms with Crippen molar-refractivity contribution in [3.63, 3.8) is 0 Å². The lowest BCUT2D eigenvalue weighted by atomic mass is 9.81. The SMILES string of the molecule is CCOC(=O)c1c(NC(=O)CSc2nc(C)cs2)sc2c1CC(C)(C)NC2(C)C. The third kappa shape index (κ3) is 5.02. The molecule has 0 spiro atoms. The molecule has 158 valence electrons. The van der Waals surface area contributed by atoms with Gasteiger partial charge in [0.1, 0.15) is 5.00 Å². The van der Waals surface area contributed by atoms with Gasteiger partial charge in [0.15, 0.2) is 4.34 Å². The van der Waals surface area contributed by atoms with Gasteiger partial charge in [-0.15, -0.1) is 22.7 Å². The number of hydrogen-bond donors (Lipinski definition) is 2. The van der Waals surface area contributed by atoms with Crippen LogP contribution in [0.5, 0.6) is 0 Å². The minimum absolute atomic E-state index is 0.156. The van der Waals surface area contributed by atoms with Crippen LogP contribution in [0.15, 0.2) is 9.72 Å². The van der Waals surface area contributed by atoms with E-state index in [0.29, 0.717) is 23.6 Å². The normalized spacial score (nSPS) is 16.9. The molecule has 29 heavy (non-hydrogen) atoms. The van der Waals surface area contributed by atoms with E-state index in [1.165, 1.54) is 34.4 Å². The number of aryl methyl sites for hydroxylation is 1. The summed E-state index contributed by atoms with van der Waals surface area (Å²) in [6.45, 7) is 12.5. The fraction of sp³-hybridized carbons (Fsp3) is 0.550. The smallest absolute Gasteiger partial charge is 0.341 e. The Labute approximate surface area is 183 Å². The quantitative estimate of drug-likeness (QED) is 0.492. The van der Waals surface area contributed by atoms with Crippen molar-refractivity contribution < 1.29 is 14.3 Å². The second kappa shape index (κ2) is 8.37. The first kappa shape index (κ1) is 22.3. The Morgan fingerprint density at radius 2 is 2.07 bits per heavy atom. The molecule has 1 amide bonds. The molecule has 0 fully saturated rings. The number of hydrogen-bond acceptors (Lipinski definition) is 8. The Bertz CT molecular complexity index is 931. The number of thiophene rings is 1. The zero-order valence-corrected chi connectivity index (χ0v) is 20.0. The van der Waals surface area contributed by atoms with Gasteiger partial charge < -0.3 is 15.4 Å². The molecule has 6 nitrogen and oxygen atoms in total. The summed E-state index contributed by atoms with van der Waals surface area (Å²) >= 11 is 4.39. The highest BCUT2D eigenvalue weighted by Gasteiger charge is 2.42. The topological polar surface area (TPSA) is 80.3 Å². The predicted octanol–water partition coefficient (Wildman–Crippen LogP) is 4.58. The molecule has 3 rings (SSSR count). The number of thiazole rings is 1. The van der Waals surface area contributed by atoms with Gasteiger partial charge >= 0.3 is 5.97 Å². The van der Waals surface area contributed by atoms with E-state index in [1.54, 1.807) is 6.92 Å². The van der Waals surface area contributed by atoms with Crippen molar-refractivity contribution in [3.8, 4) is 0 Å².